The number of halogens is 2. The van der Waals surface area contributed by atoms with Crippen molar-refractivity contribution in [3.05, 3.63) is 42.5 Å². The largest absolute Gasteiger partial charge is 0.365 e. The van der Waals surface area contributed by atoms with Gasteiger partial charge >= 0.3 is 6.03 Å². The van der Waals surface area contributed by atoms with Crippen LogP contribution in [0.15, 0.2) is 36.7 Å². The third kappa shape index (κ3) is 3.43. The Hall–Kier alpha value is -3.76. The second-order valence-electron chi connectivity index (χ2n) is 8.96. The number of alkyl halides is 1. The zero-order chi connectivity index (χ0) is 22.7. The number of benzene rings is 1. The number of carbonyl (C=O) groups is 2. The van der Waals surface area contributed by atoms with Crippen LogP contribution in [0.4, 0.5) is 25.0 Å². The number of hydrogen-bond donors (Lipinski definition) is 2. The van der Waals surface area contributed by atoms with Crippen molar-refractivity contribution in [3.8, 4) is 5.69 Å². The van der Waals surface area contributed by atoms with E-state index in [2.05, 4.69) is 25.6 Å². The highest BCUT2D eigenvalue weighted by molar-refractivity contribution is 5.90. The molecule has 2 aromatic heterocycles. The fourth-order valence-corrected chi connectivity index (χ4v) is 4.64. The van der Waals surface area contributed by atoms with Gasteiger partial charge < -0.3 is 20.4 Å². The van der Waals surface area contributed by atoms with E-state index in [1.54, 1.807) is 12.4 Å². The lowest BCUT2D eigenvalue weighted by Gasteiger charge is -2.49. The summed E-state index contributed by atoms with van der Waals surface area (Å²) in [5.74, 6) is -0.406. The Morgan fingerprint density at radius 3 is 2.79 bits per heavy atom. The average Bonchev–Trinajstić information content (AvgIpc) is 3.34. The molecule has 0 atom stereocenters. The summed E-state index contributed by atoms with van der Waals surface area (Å²) in [6.07, 6.45) is 3.83. The van der Waals surface area contributed by atoms with Crippen LogP contribution >= 0.6 is 0 Å². The van der Waals surface area contributed by atoms with E-state index in [9.17, 15) is 18.4 Å². The summed E-state index contributed by atoms with van der Waals surface area (Å²) in [6, 6.07) is 5.69. The molecule has 0 radical (unpaired) electrons. The van der Waals surface area contributed by atoms with Crippen molar-refractivity contribution in [2.24, 2.45) is 0 Å². The Labute approximate surface area is 187 Å². The van der Waals surface area contributed by atoms with Crippen LogP contribution in [-0.4, -0.2) is 69.5 Å². The number of rotatable bonds is 3. The van der Waals surface area contributed by atoms with Gasteiger partial charge in [-0.1, -0.05) is 0 Å². The zero-order valence-electron chi connectivity index (χ0n) is 17.6. The molecule has 1 spiro atoms. The normalized spacial score (nSPS) is 19.5. The van der Waals surface area contributed by atoms with E-state index in [-0.39, 0.29) is 30.2 Å². The van der Waals surface area contributed by atoms with Gasteiger partial charge in [0.15, 0.2) is 5.65 Å². The lowest BCUT2D eigenvalue weighted by molar-refractivity contribution is -0.119. The lowest BCUT2D eigenvalue weighted by Crippen LogP contribution is -2.67. The molecule has 3 saturated heterocycles. The number of carbonyl (C=O) groups excluding carboxylic acids is 2. The molecule has 3 aromatic rings. The number of likely N-dealkylation sites (tertiary alicyclic amines) is 1. The molecule has 0 aliphatic carbocycles. The summed E-state index contributed by atoms with van der Waals surface area (Å²) < 4.78 is 29.0. The molecule has 9 nitrogen and oxygen atoms in total. The average molecular weight is 453 g/mol. The molecule has 0 unspecified atom stereocenters. The molecule has 0 bridgehead atoms. The minimum atomic E-state index is -0.993. The van der Waals surface area contributed by atoms with Gasteiger partial charge in [-0.15, -0.1) is 5.10 Å². The minimum absolute atomic E-state index is 0.0585. The van der Waals surface area contributed by atoms with Gasteiger partial charge in [0.25, 0.3) is 0 Å². The maximum Gasteiger partial charge on any atom is 0.322 e. The third-order valence-electron chi connectivity index (χ3n) is 6.50. The van der Waals surface area contributed by atoms with E-state index >= 15 is 0 Å². The fraction of sp³-hybridized carbons (Fsp3) is 0.364. The van der Waals surface area contributed by atoms with Crippen molar-refractivity contribution in [2.75, 3.05) is 36.4 Å². The van der Waals surface area contributed by atoms with Crippen LogP contribution in [0, 0.1) is 5.82 Å². The summed E-state index contributed by atoms with van der Waals surface area (Å²) >= 11 is 0. The summed E-state index contributed by atoms with van der Waals surface area (Å²) in [5, 5.41) is 10.8. The SMILES string of the molecule is O=C1CCC2(CN(c3cnc4nn(-c5cc(NC(=O)N6CC(F)C6)ccc5F)cc4c3)C2)N1. The highest BCUT2D eigenvalue weighted by Crippen LogP contribution is 2.35. The number of nitrogens with one attached hydrogen (secondary N) is 2. The topological polar surface area (TPSA) is 95.4 Å². The maximum atomic E-state index is 14.6. The molecule has 2 N–H and O–H groups in total. The first kappa shape index (κ1) is 19.9. The summed E-state index contributed by atoms with van der Waals surface area (Å²) in [7, 11) is 0. The zero-order valence-corrected chi connectivity index (χ0v) is 17.6. The quantitative estimate of drug-likeness (QED) is 0.634. The first-order valence-corrected chi connectivity index (χ1v) is 10.8. The van der Waals surface area contributed by atoms with E-state index in [0.717, 1.165) is 30.6 Å². The molecule has 33 heavy (non-hydrogen) atoms. The predicted molar refractivity (Wildman–Crippen MR) is 117 cm³/mol. The van der Waals surface area contributed by atoms with Gasteiger partial charge in [0.05, 0.1) is 30.5 Å². The number of hydrogen-bond acceptors (Lipinski definition) is 5. The summed E-state index contributed by atoms with van der Waals surface area (Å²) in [4.78, 5) is 31.6. The van der Waals surface area contributed by atoms with Crippen LogP contribution < -0.4 is 15.5 Å². The van der Waals surface area contributed by atoms with E-state index < -0.39 is 18.0 Å². The van der Waals surface area contributed by atoms with Crippen molar-refractivity contribution in [1.29, 1.82) is 0 Å². The molecule has 1 aromatic carbocycles. The van der Waals surface area contributed by atoms with E-state index in [0.29, 0.717) is 17.8 Å². The number of pyridine rings is 1. The van der Waals surface area contributed by atoms with Gasteiger partial charge in [0.1, 0.15) is 17.7 Å². The van der Waals surface area contributed by atoms with Crippen molar-refractivity contribution in [1.82, 2.24) is 25.0 Å². The van der Waals surface area contributed by atoms with Crippen LogP contribution in [0.25, 0.3) is 16.7 Å². The van der Waals surface area contributed by atoms with Gasteiger partial charge in [-0.05, 0) is 30.7 Å². The molecule has 6 rings (SSSR count). The first-order valence-electron chi connectivity index (χ1n) is 10.8. The Kier molecular flexibility index (Phi) is 4.29. The Bertz CT molecular complexity index is 1280. The molecule has 3 aliphatic heterocycles. The standard InChI is InChI=1S/C22H21F2N7O2/c23-14-9-29(10-14)21(33)26-15-1-2-17(24)18(6-15)31-8-13-5-16(7-25-20(13)28-31)30-11-22(12-30)4-3-19(32)27-22/h1-2,5-8,14H,3-4,9-12H2,(H,26,33)(H,27,32). The van der Waals surface area contributed by atoms with Crippen LogP contribution in [0.2, 0.25) is 0 Å². The first-order chi connectivity index (χ1) is 15.9. The minimum Gasteiger partial charge on any atom is -0.365 e. The van der Waals surface area contributed by atoms with Crippen molar-refractivity contribution in [3.63, 3.8) is 0 Å². The number of fused-ring (bicyclic) bond motifs is 1. The second-order valence-corrected chi connectivity index (χ2v) is 8.96. The molecular weight excluding hydrogens is 432 g/mol. The highest BCUT2D eigenvalue weighted by atomic mass is 19.1. The summed E-state index contributed by atoms with van der Waals surface area (Å²) in [6.45, 7) is 1.58. The fourth-order valence-electron chi connectivity index (χ4n) is 4.64. The van der Waals surface area contributed by atoms with Gasteiger partial charge in [0, 0.05) is 36.8 Å². The van der Waals surface area contributed by atoms with Crippen molar-refractivity contribution >= 4 is 34.3 Å². The maximum absolute atomic E-state index is 14.6. The molecule has 5 heterocycles. The van der Waals surface area contributed by atoms with E-state index in [4.69, 9.17) is 0 Å². The monoisotopic (exact) mass is 453 g/mol. The molecule has 11 heteroatoms. The van der Waals surface area contributed by atoms with Gasteiger partial charge in [-0.3, -0.25) is 4.79 Å². The molecule has 3 aliphatic rings. The van der Waals surface area contributed by atoms with Crippen molar-refractivity contribution in [2.45, 2.75) is 24.6 Å². The van der Waals surface area contributed by atoms with Gasteiger partial charge in [-0.25, -0.2) is 23.2 Å². The lowest BCUT2D eigenvalue weighted by atomic mass is 9.88. The summed E-state index contributed by atoms with van der Waals surface area (Å²) in [5.41, 5.74) is 1.79. The smallest absolute Gasteiger partial charge is 0.322 e. The van der Waals surface area contributed by atoms with Gasteiger partial charge in [-0.2, -0.15) is 0 Å². The molecule has 3 amide bonds. The van der Waals surface area contributed by atoms with Crippen LogP contribution in [0.5, 0.6) is 0 Å². The Balaban J connectivity index is 1.22. The molecule has 3 fully saturated rings. The highest BCUT2D eigenvalue weighted by Gasteiger charge is 2.47. The van der Waals surface area contributed by atoms with Crippen molar-refractivity contribution < 1.29 is 18.4 Å². The number of anilines is 2. The number of amides is 3. The predicted octanol–water partition coefficient (Wildman–Crippen LogP) is 2.21. The number of nitrogens with zero attached hydrogens (tertiary/aromatic N) is 5. The van der Waals surface area contributed by atoms with E-state index in [1.807, 2.05) is 6.07 Å². The number of urea groups is 1. The van der Waals surface area contributed by atoms with Crippen LogP contribution in [0.1, 0.15) is 12.8 Å². The Morgan fingerprint density at radius 1 is 1.24 bits per heavy atom. The number of aromatic nitrogens is 3. The van der Waals surface area contributed by atoms with Crippen LogP contribution in [-0.2, 0) is 4.79 Å². The third-order valence-corrected chi connectivity index (χ3v) is 6.50. The molecule has 170 valence electrons. The van der Waals surface area contributed by atoms with Gasteiger partial charge in [0.2, 0.25) is 5.91 Å². The molecular formula is C22H21F2N7O2. The molecule has 0 saturated carbocycles. The van der Waals surface area contributed by atoms with Crippen LogP contribution in [0.3, 0.4) is 0 Å². The second kappa shape index (κ2) is 7.12. The Morgan fingerprint density at radius 2 is 2.06 bits per heavy atom. The van der Waals surface area contributed by atoms with E-state index in [1.165, 1.54) is 27.8 Å².